The molecule has 2 aromatic heterocycles. The van der Waals surface area contributed by atoms with Gasteiger partial charge in [0.2, 0.25) is 0 Å². The van der Waals surface area contributed by atoms with E-state index >= 15 is 0 Å². The minimum Gasteiger partial charge on any atom is -0.321 e. The summed E-state index contributed by atoms with van der Waals surface area (Å²) in [5, 5.41) is 13.7. The molecular weight excluding hydrogens is 256 g/mol. The molecule has 20 heavy (non-hydrogen) atoms. The van der Waals surface area contributed by atoms with E-state index in [1.807, 2.05) is 0 Å². The zero-order chi connectivity index (χ0) is 13.8. The molecule has 2 heterocycles. The number of nitrogens with zero attached hydrogens (tertiary/aromatic N) is 5. The van der Waals surface area contributed by atoms with E-state index in [4.69, 9.17) is 0 Å². The third-order valence-corrected chi connectivity index (χ3v) is 2.66. The van der Waals surface area contributed by atoms with Crippen LogP contribution in [0.3, 0.4) is 0 Å². The van der Waals surface area contributed by atoms with Crippen LogP contribution in [0.1, 0.15) is 10.4 Å². The van der Waals surface area contributed by atoms with E-state index in [0.717, 1.165) is 5.69 Å². The molecule has 0 spiro atoms. The van der Waals surface area contributed by atoms with Crippen molar-refractivity contribution in [2.24, 2.45) is 0 Å². The second-order valence-electron chi connectivity index (χ2n) is 4.00. The quantitative estimate of drug-likeness (QED) is 0.772. The summed E-state index contributed by atoms with van der Waals surface area (Å²) in [6, 6.07) is 10.5. The highest BCUT2D eigenvalue weighted by Gasteiger charge is 2.06. The Balaban J connectivity index is 1.76. The Kier molecular flexibility index (Phi) is 3.15. The molecule has 0 unspecified atom stereocenters. The van der Waals surface area contributed by atoms with Crippen molar-refractivity contribution in [2.45, 2.75) is 0 Å². The van der Waals surface area contributed by atoms with Gasteiger partial charge < -0.3 is 5.32 Å². The molecule has 7 nitrogen and oxygen atoms in total. The van der Waals surface area contributed by atoms with E-state index in [1.54, 1.807) is 48.8 Å². The number of tetrazole rings is 1. The van der Waals surface area contributed by atoms with Crippen LogP contribution in [0.15, 0.2) is 55.1 Å². The normalized spacial score (nSPS) is 10.2. The van der Waals surface area contributed by atoms with Gasteiger partial charge in [0.1, 0.15) is 6.33 Å². The average Bonchev–Trinajstić information content (AvgIpc) is 3.03. The molecule has 3 aromatic rings. The lowest BCUT2D eigenvalue weighted by Crippen LogP contribution is -2.12. The van der Waals surface area contributed by atoms with Crippen LogP contribution in [0.5, 0.6) is 0 Å². The van der Waals surface area contributed by atoms with Crippen molar-refractivity contribution in [3.05, 3.63) is 60.7 Å². The Morgan fingerprint density at radius 3 is 2.65 bits per heavy atom. The molecule has 0 saturated heterocycles. The van der Waals surface area contributed by atoms with E-state index in [2.05, 4.69) is 25.8 Å². The van der Waals surface area contributed by atoms with Crippen LogP contribution in [-0.2, 0) is 0 Å². The zero-order valence-electron chi connectivity index (χ0n) is 10.3. The highest BCUT2D eigenvalue weighted by molar-refractivity contribution is 6.04. The first kappa shape index (κ1) is 12.0. The molecule has 0 atom stereocenters. The molecule has 7 heteroatoms. The first-order chi connectivity index (χ1) is 9.83. The number of benzene rings is 1. The minimum absolute atomic E-state index is 0.193. The highest BCUT2D eigenvalue weighted by Crippen LogP contribution is 2.10. The maximum absolute atomic E-state index is 12.0. The van der Waals surface area contributed by atoms with Gasteiger partial charge in [-0.1, -0.05) is 0 Å². The van der Waals surface area contributed by atoms with Crippen LogP contribution in [0.2, 0.25) is 0 Å². The fraction of sp³-hybridized carbons (Fsp3) is 0. The number of anilines is 1. The van der Waals surface area contributed by atoms with Gasteiger partial charge in [0.15, 0.2) is 0 Å². The number of rotatable bonds is 3. The standard InChI is InChI=1S/C13H10N6O/c20-13(16-11-2-1-7-14-8-11)10-3-5-12(6-4-10)19-9-15-17-18-19/h1-9H,(H,16,20). The summed E-state index contributed by atoms with van der Waals surface area (Å²) in [4.78, 5) is 16.0. The molecule has 1 amide bonds. The number of hydrogen-bond donors (Lipinski definition) is 1. The molecule has 0 aliphatic rings. The summed E-state index contributed by atoms with van der Waals surface area (Å²) in [6.07, 6.45) is 4.73. The first-order valence-electron chi connectivity index (χ1n) is 5.88. The molecule has 0 bridgehead atoms. The summed E-state index contributed by atoms with van der Waals surface area (Å²) in [6.45, 7) is 0. The van der Waals surface area contributed by atoms with Crippen molar-refractivity contribution >= 4 is 11.6 Å². The zero-order valence-corrected chi connectivity index (χ0v) is 10.3. The van der Waals surface area contributed by atoms with Gasteiger partial charge in [0.05, 0.1) is 17.6 Å². The van der Waals surface area contributed by atoms with Gasteiger partial charge in [-0.05, 0) is 46.8 Å². The largest absolute Gasteiger partial charge is 0.321 e. The molecule has 0 fully saturated rings. The summed E-state index contributed by atoms with van der Waals surface area (Å²) in [5.74, 6) is -0.193. The van der Waals surface area contributed by atoms with E-state index in [0.29, 0.717) is 11.3 Å². The smallest absolute Gasteiger partial charge is 0.255 e. The Hall–Kier alpha value is -3.09. The van der Waals surface area contributed by atoms with Crippen molar-refractivity contribution < 1.29 is 4.79 Å². The molecular formula is C13H10N6O. The van der Waals surface area contributed by atoms with Gasteiger partial charge in [-0.2, -0.15) is 0 Å². The van der Waals surface area contributed by atoms with Crippen LogP contribution in [0.25, 0.3) is 5.69 Å². The average molecular weight is 266 g/mol. The van der Waals surface area contributed by atoms with Crippen molar-refractivity contribution in [2.75, 3.05) is 5.32 Å². The summed E-state index contributed by atoms with van der Waals surface area (Å²) < 4.78 is 1.52. The van der Waals surface area contributed by atoms with Crippen LogP contribution in [-0.4, -0.2) is 31.1 Å². The van der Waals surface area contributed by atoms with E-state index in [-0.39, 0.29) is 5.91 Å². The topological polar surface area (TPSA) is 85.6 Å². The van der Waals surface area contributed by atoms with E-state index in [1.165, 1.54) is 11.0 Å². The van der Waals surface area contributed by atoms with Crippen molar-refractivity contribution in [1.29, 1.82) is 0 Å². The number of hydrogen-bond acceptors (Lipinski definition) is 5. The third-order valence-electron chi connectivity index (χ3n) is 2.66. The number of aromatic nitrogens is 5. The lowest BCUT2D eigenvalue weighted by Gasteiger charge is -2.05. The molecule has 3 rings (SSSR count). The predicted molar refractivity (Wildman–Crippen MR) is 71.3 cm³/mol. The SMILES string of the molecule is O=C(Nc1cccnc1)c1ccc(-n2cnnn2)cc1. The molecule has 0 aliphatic heterocycles. The van der Waals surface area contributed by atoms with E-state index < -0.39 is 0 Å². The molecule has 0 radical (unpaired) electrons. The minimum atomic E-state index is -0.193. The highest BCUT2D eigenvalue weighted by atomic mass is 16.1. The van der Waals surface area contributed by atoms with Crippen molar-refractivity contribution in [3.8, 4) is 5.69 Å². The Bertz CT molecular complexity index is 693. The van der Waals surface area contributed by atoms with Gasteiger partial charge >= 0.3 is 0 Å². The first-order valence-corrected chi connectivity index (χ1v) is 5.88. The van der Waals surface area contributed by atoms with Crippen molar-refractivity contribution in [1.82, 2.24) is 25.2 Å². The van der Waals surface area contributed by atoms with Crippen molar-refractivity contribution in [3.63, 3.8) is 0 Å². The molecule has 1 aromatic carbocycles. The molecule has 0 aliphatic carbocycles. The monoisotopic (exact) mass is 266 g/mol. The maximum Gasteiger partial charge on any atom is 0.255 e. The fourth-order valence-corrected chi connectivity index (χ4v) is 1.69. The fourth-order valence-electron chi connectivity index (χ4n) is 1.69. The second-order valence-corrected chi connectivity index (χ2v) is 4.00. The summed E-state index contributed by atoms with van der Waals surface area (Å²) >= 11 is 0. The summed E-state index contributed by atoms with van der Waals surface area (Å²) in [7, 11) is 0. The third kappa shape index (κ3) is 2.51. The maximum atomic E-state index is 12.0. The van der Waals surface area contributed by atoms with Crippen LogP contribution >= 0.6 is 0 Å². The number of pyridine rings is 1. The van der Waals surface area contributed by atoms with Crippen LogP contribution in [0, 0.1) is 0 Å². The second kappa shape index (κ2) is 5.27. The van der Waals surface area contributed by atoms with Gasteiger partial charge in [-0.15, -0.1) is 5.10 Å². The number of carbonyl (C=O) groups is 1. The number of amides is 1. The number of carbonyl (C=O) groups excluding carboxylic acids is 1. The van der Waals surface area contributed by atoms with Crippen LogP contribution in [0.4, 0.5) is 5.69 Å². The Morgan fingerprint density at radius 1 is 1.15 bits per heavy atom. The molecule has 1 N–H and O–H groups in total. The van der Waals surface area contributed by atoms with Crippen LogP contribution < -0.4 is 5.32 Å². The van der Waals surface area contributed by atoms with E-state index in [9.17, 15) is 4.79 Å². The summed E-state index contributed by atoms with van der Waals surface area (Å²) in [5.41, 5.74) is 1.99. The predicted octanol–water partition coefficient (Wildman–Crippen LogP) is 1.31. The van der Waals surface area contributed by atoms with Gasteiger partial charge in [-0.25, -0.2) is 4.68 Å². The lowest BCUT2D eigenvalue weighted by molar-refractivity contribution is 0.102. The number of nitrogens with one attached hydrogen (secondary N) is 1. The Labute approximate surface area is 114 Å². The van der Waals surface area contributed by atoms with Gasteiger partial charge in [0.25, 0.3) is 5.91 Å². The van der Waals surface area contributed by atoms with Gasteiger partial charge in [-0.3, -0.25) is 9.78 Å². The van der Waals surface area contributed by atoms with Gasteiger partial charge in [0, 0.05) is 11.8 Å². The molecule has 0 saturated carbocycles. The lowest BCUT2D eigenvalue weighted by atomic mass is 10.2. The Morgan fingerprint density at radius 2 is 2.00 bits per heavy atom. The molecule has 98 valence electrons.